The average Bonchev–Trinajstić information content (AvgIpc) is 2.45. The predicted octanol–water partition coefficient (Wildman–Crippen LogP) is 1.04. The lowest BCUT2D eigenvalue weighted by atomic mass is 10.3. The number of rotatable bonds is 2. The fourth-order valence-corrected chi connectivity index (χ4v) is 0.577. The second kappa shape index (κ2) is 1.99. The first-order valence-electron chi connectivity index (χ1n) is 2.69. The van der Waals surface area contributed by atoms with E-state index in [2.05, 4.69) is 0 Å². The molecule has 0 aromatic rings. The zero-order chi connectivity index (χ0) is 5.98. The van der Waals surface area contributed by atoms with Crippen molar-refractivity contribution in [2.75, 3.05) is 0 Å². The van der Waals surface area contributed by atoms with Crippen LogP contribution in [0.3, 0.4) is 0 Å². The summed E-state index contributed by atoms with van der Waals surface area (Å²) in [6.45, 7) is 0. The monoisotopic (exact) mass is 112 g/mol. The highest BCUT2D eigenvalue weighted by Gasteiger charge is 2.27. The molecule has 0 aromatic heterocycles. The first-order valence-corrected chi connectivity index (χ1v) is 2.69. The van der Waals surface area contributed by atoms with Gasteiger partial charge in [0.15, 0.2) is 5.78 Å². The van der Waals surface area contributed by atoms with Gasteiger partial charge in [-0.15, -0.1) is 0 Å². The van der Waals surface area contributed by atoms with E-state index in [9.17, 15) is 4.79 Å². The van der Waals surface area contributed by atoms with Crippen LogP contribution in [0.2, 0.25) is 0 Å². The average molecular weight is 112 g/mol. The van der Waals surface area contributed by atoms with Crippen LogP contribution in [0.5, 0.6) is 0 Å². The normalized spacial score (nSPS) is 19.5. The van der Waals surface area contributed by atoms with E-state index in [1.807, 2.05) is 0 Å². The number of hydrogen-bond acceptors (Lipinski definition) is 2. The van der Waals surface area contributed by atoms with Crippen LogP contribution in [0, 0.1) is 5.92 Å². The van der Waals surface area contributed by atoms with Gasteiger partial charge in [0.2, 0.25) is 0 Å². The van der Waals surface area contributed by atoms with Crippen LogP contribution in [0.4, 0.5) is 0 Å². The van der Waals surface area contributed by atoms with E-state index in [1.165, 1.54) is 6.08 Å². The van der Waals surface area contributed by atoms with Crippen molar-refractivity contribution in [3.63, 3.8) is 0 Å². The van der Waals surface area contributed by atoms with Crippen LogP contribution in [0.15, 0.2) is 12.3 Å². The standard InChI is InChI=1S/C6H8O2/c7-4-3-6(8)5-1-2-5/h3-5,7H,1-2H2/b4-3+. The van der Waals surface area contributed by atoms with E-state index in [0.29, 0.717) is 0 Å². The number of hydrogen-bond donors (Lipinski definition) is 1. The van der Waals surface area contributed by atoms with Crippen LogP contribution >= 0.6 is 0 Å². The van der Waals surface area contributed by atoms with Gasteiger partial charge in [0.05, 0.1) is 6.26 Å². The van der Waals surface area contributed by atoms with Gasteiger partial charge < -0.3 is 5.11 Å². The molecule has 8 heavy (non-hydrogen) atoms. The minimum absolute atomic E-state index is 0.0625. The minimum atomic E-state index is 0.0625. The smallest absolute Gasteiger partial charge is 0.161 e. The highest BCUT2D eigenvalue weighted by Crippen LogP contribution is 2.29. The lowest BCUT2D eigenvalue weighted by molar-refractivity contribution is -0.115. The van der Waals surface area contributed by atoms with Crippen LogP contribution in [0.25, 0.3) is 0 Å². The molecular weight excluding hydrogens is 104 g/mol. The molecule has 0 radical (unpaired) electrons. The van der Waals surface area contributed by atoms with Crippen LogP contribution in [0.1, 0.15) is 12.8 Å². The van der Waals surface area contributed by atoms with Gasteiger partial charge in [-0.1, -0.05) is 0 Å². The van der Waals surface area contributed by atoms with E-state index in [-0.39, 0.29) is 11.7 Å². The lowest BCUT2D eigenvalue weighted by Crippen LogP contribution is -1.92. The summed E-state index contributed by atoms with van der Waals surface area (Å²) in [5.74, 6) is 0.297. The van der Waals surface area contributed by atoms with Crippen molar-refractivity contribution >= 4 is 5.78 Å². The SMILES string of the molecule is O=C(/C=C/O)C1CC1. The Morgan fingerprint density at radius 3 is 2.62 bits per heavy atom. The minimum Gasteiger partial charge on any atom is -0.515 e. The third kappa shape index (κ3) is 1.09. The maximum atomic E-state index is 10.6. The van der Waals surface area contributed by atoms with Gasteiger partial charge in [0.1, 0.15) is 0 Å². The van der Waals surface area contributed by atoms with Gasteiger partial charge in [0.25, 0.3) is 0 Å². The first kappa shape index (κ1) is 5.35. The Morgan fingerprint density at radius 2 is 2.25 bits per heavy atom. The Morgan fingerprint density at radius 1 is 1.62 bits per heavy atom. The molecule has 0 spiro atoms. The summed E-state index contributed by atoms with van der Waals surface area (Å²) in [6.07, 6.45) is 4.03. The third-order valence-electron chi connectivity index (χ3n) is 1.22. The first-order chi connectivity index (χ1) is 3.84. The van der Waals surface area contributed by atoms with Crippen LogP contribution < -0.4 is 0 Å². The molecule has 0 heterocycles. The zero-order valence-corrected chi connectivity index (χ0v) is 4.50. The Hall–Kier alpha value is -0.790. The Labute approximate surface area is 47.8 Å². The molecule has 1 aliphatic rings. The summed E-state index contributed by atoms with van der Waals surface area (Å²) in [5, 5.41) is 8.11. The van der Waals surface area contributed by atoms with Gasteiger partial charge in [-0.3, -0.25) is 4.79 Å². The Bertz CT molecular complexity index is 122. The highest BCUT2D eigenvalue weighted by molar-refractivity contribution is 5.93. The summed E-state index contributed by atoms with van der Waals surface area (Å²) in [5.41, 5.74) is 0. The molecule has 0 amide bonds. The fraction of sp³-hybridized carbons (Fsp3) is 0.500. The van der Waals surface area contributed by atoms with E-state index in [1.54, 1.807) is 0 Å². The molecule has 1 N–H and O–H groups in total. The molecule has 1 saturated carbocycles. The van der Waals surface area contributed by atoms with Crippen LogP contribution in [-0.2, 0) is 4.79 Å². The molecule has 1 aliphatic carbocycles. The summed E-state index contributed by atoms with van der Waals surface area (Å²) in [6, 6.07) is 0. The largest absolute Gasteiger partial charge is 0.515 e. The molecule has 1 fully saturated rings. The van der Waals surface area contributed by atoms with Crippen molar-refractivity contribution in [3.8, 4) is 0 Å². The topological polar surface area (TPSA) is 37.3 Å². The van der Waals surface area contributed by atoms with Gasteiger partial charge in [0, 0.05) is 12.0 Å². The Balaban J connectivity index is 2.33. The van der Waals surface area contributed by atoms with Gasteiger partial charge >= 0.3 is 0 Å². The van der Waals surface area contributed by atoms with Crippen molar-refractivity contribution in [1.82, 2.24) is 0 Å². The molecule has 0 saturated heterocycles. The third-order valence-corrected chi connectivity index (χ3v) is 1.22. The number of aliphatic hydroxyl groups excluding tert-OH is 1. The number of carbonyl (C=O) groups is 1. The second-order valence-corrected chi connectivity index (χ2v) is 1.99. The van der Waals surface area contributed by atoms with E-state index in [0.717, 1.165) is 19.1 Å². The highest BCUT2D eigenvalue weighted by atomic mass is 16.2. The molecule has 44 valence electrons. The maximum Gasteiger partial charge on any atom is 0.161 e. The molecule has 0 aliphatic heterocycles. The van der Waals surface area contributed by atoms with E-state index in [4.69, 9.17) is 5.11 Å². The molecule has 0 aromatic carbocycles. The van der Waals surface area contributed by atoms with Gasteiger partial charge in [-0.25, -0.2) is 0 Å². The summed E-state index contributed by atoms with van der Waals surface area (Å²) in [4.78, 5) is 10.6. The molecule has 1 rings (SSSR count). The molecule has 0 bridgehead atoms. The van der Waals surface area contributed by atoms with E-state index < -0.39 is 0 Å². The summed E-state index contributed by atoms with van der Waals surface area (Å²) in [7, 11) is 0. The Kier molecular flexibility index (Phi) is 1.33. The number of ketones is 1. The molecule has 2 nitrogen and oxygen atoms in total. The van der Waals surface area contributed by atoms with Gasteiger partial charge in [-0.05, 0) is 12.8 Å². The number of carbonyl (C=O) groups excluding carboxylic acids is 1. The van der Waals surface area contributed by atoms with Crippen molar-refractivity contribution < 1.29 is 9.90 Å². The quantitative estimate of drug-likeness (QED) is 0.428. The van der Waals surface area contributed by atoms with Crippen LogP contribution in [-0.4, -0.2) is 10.9 Å². The van der Waals surface area contributed by atoms with Gasteiger partial charge in [-0.2, -0.15) is 0 Å². The fourth-order valence-electron chi connectivity index (χ4n) is 0.577. The van der Waals surface area contributed by atoms with Crippen molar-refractivity contribution in [1.29, 1.82) is 0 Å². The second-order valence-electron chi connectivity index (χ2n) is 1.99. The molecule has 0 unspecified atom stereocenters. The predicted molar refractivity (Wildman–Crippen MR) is 29.5 cm³/mol. The molecule has 0 atom stereocenters. The zero-order valence-electron chi connectivity index (χ0n) is 4.50. The molecule has 2 heteroatoms. The number of aliphatic hydroxyl groups is 1. The molecular formula is C6H8O2. The van der Waals surface area contributed by atoms with Crippen molar-refractivity contribution in [2.45, 2.75) is 12.8 Å². The van der Waals surface area contributed by atoms with Crippen molar-refractivity contribution in [3.05, 3.63) is 12.3 Å². The van der Waals surface area contributed by atoms with Crippen molar-refractivity contribution in [2.24, 2.45) is 5.92 Å². The maximum absolute atomic E-state index is 10.6. The summed E-state index contributed by atoms with van der Waals surface area (Å²) < 4.78 is 0. The number of allylic oxidation sites excluding steroid dienone is 1. The van der Waals surface area contributed by atoms with E-state index >= 15 is 0 Å². The lowest BCUT2D eigenvalue weighted by Gasteiger charge is -1.80. The summed E-state index contributed by atoms with van der Waals surface area (Å²) >= 11 is 0.